The van der Waals surface area contributed by atoms with Crippen LogP contribution in [0.3, 0.4) is 0 Å². The third-order valence-electron chi connectivity index (χ3n) is 3.56. The molecule has 0 bridgehead atoms. The number of benzene rings is 1. The van der Waals surface area contributed by atoms with Crippen molar-refractivity contribution in [3.8, 4) is 5.75 Å². The summed E-state index contributed by atoms with van der Waals surface area (Å²) in [6.07, 6.45) is 3.56. The molecule has 0 saturated carbocycles. The van der Waals surface area contributed by atoms with Crippen LogP contribution in [0.15, 0.2) is 18.2 Å². The monoisotopic (exact) mass is 242 g/mol. The number of fused-ring (bicyclic) bond motifs is 2. The maximum absolute atomic E-state index is 5.33. The zero-order valence-electron chi connectivity index (χ0n) is 10.9. The molecule has 0 spiro atoms. The first-order chi connectivity index (χ1) is 8.78. The van der Waals surface area contributed by atoms with E-state index in [-0.39, 0.29) is 0 Å². The molecule has 1 aliphatic heterocycles. The summed E-state index contributed by atoms with van der Waals surface area (Å²) in [6, 6.07) is 6.37. The zero-order valence-corrected chi connectivity index (χ0v) is 10.9. The fourth-order valence-electron chi connectivity index (χ4n) is 2.58. The quantitative estimate of drug-likeness (QED) is 0.833. The minimum atomic E-state index is 0.906. The Labute approximate surface area is 107 Å². The van der Waals surface area contributed by atoms with Gasteiger partial charge in [0.05, 0.1) is 12.6 Å². The molecule has 0 radical (unpaired) electrons. The third-order valence-corrected chi connectivity index (χ3v) is 3.56. The smallest absolute Gasteiger partial charge is 0.129 e. The summed E-state index contributed by atoms with van der Waals surface area (Å²) in [5, 5.41) is 4.61. The van der Waals surface area contributed by atoms with Gasteiger partial charge in [-0.2, -0.15) is 0 Å². The van der Waals surface area contributed by atoms with E-state index in [1.54, 1.807) is 7.11 Å². The van der Waals surface area contributed by atoms with Crippen LogP contribution in [0.5, 0.6) is 5.75 Å². The second-order valence-electron chi connectivity index (χ2n) is 4.90. The molecule has 3 heteroatoms. The lowest BCUT2D eigenvalue weighted by molar-refractivity contribution is 0.415. The summed E-state index contributed by atoms with van der Waals surface area (Å²) in [6.45, 7) is 3.11. The Balaban J connectivity index is 2.21. The van der Waals surface area contributed by atoms with E-state index in [9.17, 15) is 0 Å². The van der Waals surface area contributed by atoms with Crippen molar-refractivity contribution in [2.45, 2.75) is 26.2 Å². The largest absolute Gasteiger partial charge is 0.497 e. The van der Waals surface area contributed by atoms with Crippen LogP contribution in [0.25, 0.3) is 10.9 Å². The fourth-order valence-corrected chi connectivity index (χ4v) is 2.58. The van der Waals surface area contributed by atoms with E-state index in [0.29, 0.717) is 0 Å². The summed E-state index contributed by atoms with van der Waals surface area (Å²) >= 11 is 0. The summed E-state index contributed by atoms with van der Waals surface area (Å²) in [4.78, 5) is 4.78. The van der Waals surface area contributed by atoms with E-state index >= 15 is 0 Å². The molecule has 94 valence electrons. The number of ether oxygens (including phenoxy) is 1. The molecule has 0 atom stereocenters. The highest BCUT2D eigenvalue weighted by Crippen LogP contribution is 2.29. The number of methoxy groups -OCH3 is 1. The Morgan fingerprint density at radius 3 is 2.94 bits per heavy atom. The molecule has 3 rings (SSSR count). The van der Waals surface area contributed by atoms with Gasteiger partial charge < -0.3 is 10.1 Å². The number of nitrogens with one attached hydrogen (secondary N) is 1. The molecule has 1 aromatic carbocycles. The Bertz CT molecular complexity index is 593. The van der Waals surface area contributed by atoms with Gasteiger partial charge in [-0.25, -0.2) is 4.98 Å². The molecule has 1 N–H and O–H groups in total. The molecule has 3 nitrogen and oxygen atoms in total. The molecule has 1 aliphatic rings. The van der Waals surface area contributed by atoms with Crippen molar-refractivity contribution in [3.05, 3.63) is 29.3 Å². The van der Waals surface area contributed by atoms with E-state index in [1.807, 2.05) is 6.07 Å². The molecule has 0 unspecified atom stereocenters. The van der Waals surface area contributed by atoms with E-state index in [4.69, 9.17) is 9.72 Å². The van der Waals surface area contributed by atoms with Crippen molar-refractivity contribution in [2.75, 3.05) is 19.0 Å². The Kier molecular flexibility index (Phi) is 2.82. The normalized spacial score (nSPS) is 14.8. The lowest BCUT2D eigenvalue weighted by atomic mass is 10.0. The predicted molar refractivity (Wildman–Crippen MR) is 74.5 cm³/mol. The standard InChI is InChI=1S/C15H18N2O/c1-10-7-13(18-2)9-12-8-11-5-3-4-6-16-15(11)17-14(10)12/h7-9H,3-6H2,1-2H3,(H,16,17). The van der Waals surface area contributed by atoms with Crippen LogP contribution in [0, 0.1) is 6.92 Å². The van der Waals surface area contributed by atoms with Crippen molar-refractivity contribution in [1.29, 1.82) is 0 Å². The second-order valence-corrected chi connectivity index (χ2v) is 4.90. The van der Waals surface area contributed by atoms with E-state index < -0.39 is 0 Å². The average Bonchev–Trinajstić information content (AvgIpc) is 2.61. The van der Waals surface area contributed by atoms with E-state index in [1.165, 1.54) is 23.8 Å². The van der Waals surface area contributed by atoms with Gasteiger partial charge in [0.2, 0.25) is 0 Å². The van der Waals surface area contributed by atoms with Crippen molar-refractivity contribution in [1.82, 2.24) is 4.98 Å². The highest BCUT2D eigenvalue weighted by atomic mass is 16.5. The van der Waals surface area contributed by atoms with Gasteiger partial charge in [0.1, 0.15) is 11.6 Å². The minimum Gasteiger partial charge on any atom is -0.497 e. The number of pyridine rings is 1. The number of aryl methyl sites for hydroxylation is 2. The minimum absolute atomic E-state index is 0.906. The molecule has 18 heavy (non-hydrogen) atoms. The number of hydrogen-bond donors (Lipinski definition) is 1. The van der Waals surface area contributed by atoms with Crippen LogP contribution in [0.1, 0.15) is 24.0 Å². The van der Waals surface area contributed by atoms with Crippen LogP contribution in [-0.4, -0.2) is 18.6 Å². The number of aromatic nitrogens is 1. The first kappa shape index (κ1) is 11.3. The maximum atomic E-state index is 5.33. The van der Waals surface area contributed by atoms with Gasteiger partial charge in [0, 0.05) is 11.9 Å². The van der Waals surface area contributed by atoms with Crippen LogP contribution < -0.4 is 10.1 Å². The Hall–Kier alpha value is -1.77. The van der Waals surface area contributed by atoms with Crippen molar-refractivity contribution in [3.63, 3.8) is 0 Å². The molecule has 0 saturated heterocycles. The lowest BCUT2D eigenvalue weighted by Gasteiger charge is -2.11. The number of rotatable bonds is 1. The number of hydrogen-bond acceptors (Lipinski definition) is 3. The SMILES string of the molecule is COc1cc(C)c2nc3c(cc2c1)CCCCN3. The topological polar surface area (TPSA) is 34.1 Å². The number of nitrogens with zero attached hydrogens (tertiary/aromatic N) is 1. The molecular formula is C15H18N2O. The van der Waals surface area contributed by atoms with Gasteiger partial charge in [0.25, 0.3) is 0 Å². The third kappa shape index (κ3) is 1.90. The van der Waals surface area contributed by atoms with Crippen molar-refractivity contribution < 1.29 is 4.74 Å². The summed E-state index contributed by atoms with van der Waals surface area (Å²) in [7, 11) is 1.71. The van der Waals surface area contributed by atoms with Gasteiger partial charge in [-0.1, -0.05) is 0 Å². The van der Waals surface area contributed by atoms with E-state index in [2.05, 4.69) is 24.4 Å². The Morgan fingerprint density at radius 1 is 1.22 bits per heavy atom. The molecule has 0 fully saturated rings. The van der Waals surface area contributed by atoms with Gasteiger partial charge in [-0.3, -0.25) is 0 Å². The van der Waals surface area contributed by atoms with Gasteiger partial charge >= 0.3 is 0 Å². The molecule has 0 aliphatic carbocycles. The summed E-state index contributed by atoms with van der Waals surface area (Å²) in [5.74, 6) is 1.97. The molecular weight excluding hydrogens is 224 g/mol. The van der Waals surface area contributed by atoms with Crippen LogP contribution in [0.4, 0.5) is 5.82 Å². The van der Waals surface area contributed by atoms with Crippen LogP contribution in [-0.2, 0) is 6.42 Å². The predicted octanol–water partition coefficient (Wildman–Crippen LogP) is 3.30. The van der Waals surface area contributed by atoms with Gasteiger partial charge in [-0.05, 0) is 55.5 Å². The van der Waals surface area contributed by atoms with E-state index in [0.717, 1.165) is 35.6 Å². The maximum Gasteiger partial charge on any atom is 0.129 e. The summed E-state index contributed by atoms with van der Waals surface area (Å²) in [5.41, 5.74) is 3.56. The van der Waals surface area contributed by atoms with Crippen LogP contribution in [0.2, 0.25) is 0 Å². The van der Waals surface area contributed by atoms with Gasteiger partial charge in [0.15, 0.2) is 0 Å². The Morgan fingerprint density at radius 2 is 2.11 bits per heavy atom. The van der Waals surface area contributed by atoms with Crippen molar-refractivity contribution >= 4 is 16.7 Å². The molecule has 2 aromatic rings. The molecule has 0 amide bonds. The van der Waals surface area contributed by atoms with Crippen LogP contribution >= 0.6 is 0 Å². The second kappa shape index (κ2) is 4.48. The number of anilines is 1. The first-order valence-electron chi connectivity index (χ1n) is 6.50. The molecule has 1 aromatic heterocycles. The first-order valence-corrected chi connectivity index (χ1v) is 6.50. The lowest BCUT2D eigenvalue weighted by Crippen LogP contribution is -2.02. The average molecular weight is 242 g/mol. The highest BCUT2D eigenvalue weighted by Gasteiger charge is 2.12. The van der Waals surface area contributed by atoms with Gasteiger partial charge in [-0.15, -0.1) is 0 Å². The highest BCUT2D eigenvalue weighted by molar-refractivity contribution is 5.86. The molecule has 2 heterocycles. The fraction of sp³-hybridized carbons (Fsp3) is 0.400. The summed E-state index contributed by atoms with van der Waals surface area (Å²) < 4.78 is 5.33. The van der Waals surface area contributed by atoms with Crippen molar-refractivity contribution in [2.24, 2.45) is 0 Å². The zero-order chi connectivity index (χ0) is 12.5.